The lowest BCUT2D eigenvalue weighted by atomic mass is 9.95. The van der Waals surface area contributed by atoms with Crippen LogP contribution < -0.4 is 10.6 Å². The highest BCUT2D eigenvalue weighted by Gasteiger charge is 2.47. The Hall–Kier alpha value is -3.39. The van der Waals surface area contributed by atoms with E-state index in [-0.39, 0.29) is 17.6 Å². The van der Waals surface area contributed by atoms with E-state index in [2.05, 4.69) is 15.6 Å². The molecule has 8 nitrogen and oxygen atoms in total. The normalized spacial score (nSPS) is 19.5. The molecule has 1 saturated carbocycles. The van der Waals surface area contributed by atoms with E-state index in [0.29, 0.717) is 17.0 Å². The van der Waals surface area contributed by atoms with Crippen LogP contribution in [0.5, 0.6) is 0 Å². The van der Waals surface area contributed by atoms with Crippen molar-refractivity contribution in [2.24, 2.45) is 0 Å². The number of likely N-dealkylation sites (tertiary alicyclic amines) is 1. The molecule has 0 unspecified atom stereocenters. The van der Waals surface area contributed by atoms with E-state index in [9.17, 15) is 23.2 Å². The third-order valence-corrected chi connectivity index (χ3v) is 7.28. The molecule has 0 spiro atoms. The van der Waals surface area contributed by atoms with Crippen LogP contribution >= 0.6 is 11.3 Å². The molecule has 1 aliphatic carbocycles. The maximum Gasteiger partial charge on any atom is 0.271 e. The van der Waals surface area contributed by atoms with E-state index in [4.69, 9.17) is 5.26 Å². The predicted octanol–water partition coefficient (Wildman–Crippen LogP) is 3.29. The summed E-state index contributed by atoms with van der Waals surface area (Å²) in [7, 11) is 0. The van der Waals surface area contributed by atoms with Gasteiger partial charge in [0.05, 0.1) is 24.2 Å². The highest BCUT2D eigenvalue weighted by atomic mass is 32.1. The first-order valence-corrected chi connectivity index (χ1v) is 12.8. The minimum Gasteiger partial charge on any atom is -0.349 e. The van der Waals surface area contributed by atoms with E-state index in [1.165, 1.54) is 17.8 Å². The summed E-state index contributed by atoms with van der Waals surface area (Å²) in [6.45, 7) is -1.33. The van der Waals surface area contributed by atoms with Crippen molar-refractivity contribution in [2.75, 3.05) is 13.1 Å². The zero-order valence-corrected chi connectivity index (χ0v) is 20.5. The van der Waals surface area contributed by atoms with Gasteiger partial charge >= 0.3 is 0 Å². The minimum absolute atomic E-state index is 0.0741. The molecular weight excluding hydrogens is 488 g/mol. The largest absolute Gasteiger partial charge is 0.349 e. The number of carbonyl (C=O) groups excluding carboxylic acids is 3. The number of aromatic nitrogens is 1. The van der Waals surface area contributed by atoms with Gasteiger partial charge in [-0.3, -0.25) is 14.4 Å². The molecule has 2 aromatic rings. The topological polar surface area (TPSA) is 115 Å². The number of rotatable bonds is 7. The van der Waals surface area contributed by atoms with Crippen molar-refractivity contribution in [1.29, 1.82) is 5.26 Å². The number of amides is 3. The van der Waals surface area contributed by atoms with Crippen LogP contribution in [0.25, 0.3) is 0 Å². The predicted molar refractivity (Wildman–Crippen MR) is 129 cm³/mol. The molecule has 1 aromatic heterocycles. The Labute approximate surface area is 211 Å². The van der Waals surface area contributed by atoms with Gasteiger partial charge in [0.2, 0.25) is 5.91 Å². The lowest BCUT2D eigenvalue weighted by Gasteiger charge is -2.22. The second-order valence-electron chi connectivity index (χ2n) is 9.22. The molecule has 2 heterocycles. The summed E-state index contributed by atoms with van der Waals surface area (Å²) in [6, 6.07) is 7.99. The van der Waals surface area contributed by atoms with Crippen LogP contribution in [0.1, 0.15) is 69.9 Å². The Bertz CT molecular complexity index is 1160. The molecule has 3 amide bonds. The third kappa shape index (κ3) is 6.43. The molecule has 2 aliphatic rings. The van der Waals surface area contributed by atoms with Gasteiger partial charge in [-0.15, -0.1) is 11.3 Å². The number of hydrogen-bond donors (Lipinski definition) is 2. The average Bonchev–Trinajstić information content (AvgIpc) is 3.46. The number of hydrogen-bond acceptors (Lipinski definition) is 6. The number of nitrogens with zero attached hydrogens (tertiary/aromatic N) is 3. The first-order chi connectivity index (χ1) is 17.2. The van der Waals surface area contributed by atoms with Gasteiger partial charge in [0.15, 0.2) is 0 Å². The van der Waals surface area contributed by atoms with Gasteiger partial charge < -0.3 is 15.5 Å². The van der Waals surface area contributed by atoms with Crippen LogP contribution in [0.2, 0.25) is 0 Å². The van der Waals surface area contributed by atoms with Gasteiger partial charge in [0.1, 0.15) is 11.7 Å². The maximum absolute atomic E-state index is 13.5. The first kappa shape index (κ1) is 25.7. The molecule has 1 atom stereocenters. The van der Waals surface area contributed by atoms with Crippen molar-refractivity contribution < 1.29 is 23.2 Å². The van der Waals surface area contributed by atoms with Gasteiger partial charge in [-0.05, 0) is 30.5 Å². The Morgan fingerprint density at radius 3 is 2.56 bits per heavy atom. The monoisotopic (exact) mass is 515 g/mol. The summed E-state index contributed by atoms with van der Waals surface area (Å²) in [5.41, 5.74) is 1.65. The van der Waals surface area contributed by atoms with Crippen molar-refractivity contribution in [3.63, 3.8) is 0 Å². The van der Waals surface area contributed by atoms with Crippen molar-refractivity contribution in [3.8, 4) is 6.07 Å². The lowest BCUT2D eigenvalue weighted by Crippen LogP contribution is -2.43. The van der Waals surface area contributed by atoms with Crippen molar-refractivity contribution in [1.82, 2.24) is 20.5 Å². The van der Waals surface area contributed by atoms with Crippen molar-refractivity contribution >= 4 is 29.1 Å². The second kappa shape index (κ2) is 11.1. The van der Waals surface area contributed by atoms with Gasteiger partial charge in [0, 0.05) is 29.8 Å². The van der Waals surface area contributed by atoms with Gasteiger partial charge in [-0.2, -0.15) is 5.26 Å². The zero-order chi connectivity index (χ0) is 25.7. The molecule has 0 radical (unpaired) electrons. The fourth-order valence-electron chi connectivity index (χ4n) is 4.50. The molecule has 11 heteroatoms. The molecule has 1 aliphatic heterocycles. The van der Waals surface area contributed by atoms with E-state index in [1.807, 2.05) is 12.1 Å². The SMILES string of the molecule is N#C[C@@H]1CC(F)(F)CN1C(=O)CNC(=O)c1csc(Cc2ccc(C(=O)NC3CCCCC3)cc2)n1. The van der Waals surface area contributed by atoms with E-state index >= 15 is 0 Å². The molecule has 2 N–H and O–H groups in total. The molecule has 2 fully saturated rings. The molecule has 36 heavy (non-hydrogen) atoms. The Kier molecular flexibility index (Phi) is 7.94. The Morgan fingerprint density at radius 2 is 1.86 bits per heavy atom. The maximum atomic E-state index is 13.5. The van der Waals surface area contributed by atoms with Gasteiger partial charge in [0.25, 0.3) is 17.7 Å². The van der Waals surface area contributed by atoms with Crippen LogP contribution in [0, 0.1) is 11.3 Å². The van der Waals surface area contributed by atoms with E-state index in [0.717, 1.165) is 36.1 Å². The van der Waals surface area contributed by atoms with E-state index < -0.39 is 43.3 Å². The highest BCUT2D eigenvalue weighted by molar-refractivity contribution is 7.09. The van der Waals surface area contributed by atoms with Crippen LogP contribution in [0.15, 0.2) is 29.6 Å². The summed E-state index contributed by atoms with van der Waals surface area (Å²) in [6.07, 6.45) is 5.32. The van der Waals surface area contributed by atoms with E-state index in [1.54, 1.807) is 23.6 Å². The lowest BCUT2D eigenvalue weighted by molar-refractivity contribution is -0.131. The number of benzene rings is 1. The molecule has 1 saturated heterocycles. The fourth-order valence-corrected chi connectivity index (χ4v) is 5.31. The standard InChI is InChI=1S/C25H27F2N5O3S/c26-25(27)11-19(12-28)32(15-25)22(33)13-29-24(35)20-14-36-21(31-20)10-16-6-8-17(9-7-16)23(34)30-18-4-2-1-3-5-18/h6-9,14,18-19H,1-5,10-11,13,15H2,(H,29,35)(H,30,34)/t19-/m0/s1. The van der Waals surface area contributed by atoms with Gasteiger partial charge in [-0.25, -0.2) is 13.8 Å². The molecule has 0 bridgehead atoms. The number of thiazole rings is 1. The summed E-state index contributed by atoms with van der Waals surface area (Å²) in [5, 5.41) is 16.7. The van der Waals surface area contributed by atoms with Crippen molar-refractivity contribution in [2.45, 2.75) is 63.0 Å². The minimum atomic E-state index is -3.11. The quantitative estimate of drug-likeness (QED) is 0.587. The summed E-state index contributed by atoms with van der Waals surface area (Å²) in [5.74, 6) is -4.52. The van der Waals surface area contributed by atoms with Crippen LogP contribution in [-0.4, -0.2) is 58.7 Å². The number of alkyl halides is 2. The number of carbonyl (C=O) groups is 3. The summed E-state index contributed by atoms with van der Waals surface area (Å²) in [4.78, 5) is 42.2. The molecule has 4 rings (SSSR count). The summed E-state index contributed by atoms with van der Waals surface area (Å²) < 4.78 is 27.1. The zero-order valence-electron chi connectivity index (χ0n) is 19.6. The highest BCUT2D eigenvalue weighted by Crippen LogP contribution is 2.31. The number of nitrogens with one attached hydrogen (secondary N) is 2. The van der Waals surface area contributed by atoms with Crippen LogP contribution in [0.3, 0.4) is 0 Å². The number of halogens is 2. The summed E-state index contributed by atoms with van der Waals surface area (Å²) >= 11 is 1.28. The third-order valence-electron chi connectivity index (χ3n) is 6.44. The van der Waals surface area contributed by atoms with Crippen molar-refractivity contribution in [3.05, 3.63) is 51.5 Å². The van der Waals surface area contributed by atoms with Crippen LogP contribution in [-0.2, 0) is 11.2 Å². The Balaban J connectivity index is 1.27. The van der Waals surface area contributed by atoms with Crippen LogP contribution in [0.4, 0.5) is 8.78 Å². The van der Waals surface area contributed by atoms with Gasteiger partial charge in [-0.1, -0.05) is 31.4 Å². The smallest absolute Gasteiger partial charge is 0.271 e. The molecule has 1 aromatic carbocycles. The first-order valence-electron chi connectivity index (χ1n) is 11.9. The molecular formula is C25H27F2N5O3S. The molecule has 190 valence electrons. The average molecular weight is 516 g/mol. The second-order valence-corrected chi connectivity index (χ2v) is 10.2. The fraction of sp³-hybridized carbons (Fsp3) is 0.480. The Morgan fingerprint density at radius 1 is 1.14 bits per heavy atom. The number of nitriles is 1.